The standard InChI is InChI=1S/C10H16ClN3O2/c1-7(15)4-3-5-12-10-8(16-2)9(11)13-6-14-10/h6-7,15H,3-5H2,1-2H3,(H,12,13,14). The molecule has 1 atom stereocenters. The number of ether oxygens (including phenoxy) is 1. The first-order valence-electron chi connectivity index (χ1n) is 5.11. The predicted octanol–water partition coefficient (Wildman–Crippen LogP) is 1.71. The third kappa shape index (κ3) is 3.83. The first-order valence-corrected chi connectivity index (χ1v) is 5.49. The summed E-state index contributed by atoms with van der Waals surface area (Å²) in [6, 6.07) is 0. The SMILES string of the molecule is COc1c(Cl)ncnc1NCCCC(C)O. The predicted molar refractivity (Wildman–Crippen MR) is 63.0 cm³/mol. The number of anilines is 1. The lowest BCUT2D eigenvalue weighted by Crippen LogP contribution is -2.08. The van der Waals surface area contributed by atoms with E-state index in [4.69, 9.17) is 21.4 Å². The zero-order chi connectivity index (χ0) is 12.0. The van der Waals surface area contributed by atoms with Gasteiger partial charge in [0.1, 0.15) is 6.33 Å². The smallest absolute Gasteiger partial charge is 0.198 e. The van der Waals surface area contributed by atoms with Gasteiger partial charge >= 0.3 is 0 Å². The molecule has 1 aromatic rings. The van der Waals surface area contributed by atoms with Crippen molar-refractivity contribution < 1.29 is 9.84 Å². The number of methoxy groups -OCH3 is 1. The molecule has 0 radical (unpaired) electrons. The number of nitrogens with one attached hydrogen (secondary N) is 1. The molecule has 0 bridgehead atoms. The van der Waals surface area contributed by atoms with Crippen LogP contribution in [0.2, 0.25) is 5.15 Å². The van der Waals surface area contributed by atoms with Crippen molar-refractivity contribution in [2.24, 2.45) is 0 Å². The molecular weight excluding hydrogens is 230 g/mol. The van der Waals surface area contributed by atoms with Crippen LogP contribution in [0, 0.1) is 0 Å². The molecule has 0 aromatic carbocycles. The van der Waals surface area contributed by atoms with Gasteiger partial charge < -0.3 is 15.2 Å². The summed E-state index contributed by atoms with van der Waals surface area (Å²) in [5, 5.41) is 12.5. The minimum absolute atomic E-state index is 0.280. The molecular formula is C10H16ClN3O2. The van der Waals surface area contributed by atoms with Gasteiger partial charge in [-0.2, -0.15) is 0 Å². The maximum atomic E-state index is 9.10. The van der Waals surface area contributed by atoms with Crippen LogP contribution in [-0.2, 0) is 0 Å². The van der Waals surface area contributed by atoms with Gasteiger partial charge in [-0.05, 0) is 19.8 Å². The Morgan fingerprint density at radius 3 is 2.94 bits per heavy atom. The fourth-order valence-corrected chi connectivity index (χ4v) is 1.47. The van der Waals surface area contributed by atoms with Crippen LogP contribution in [0.15, 0.2) is 6.33 Å². The monoisotopic (exact) mass is 245 g/mol. The molecule has 1 unspecified atom stereocenters. The van der Waals surface area contributed by atoms with Crippen LogP contribution in [0.4, 0.5) is 5.82 Å². The summed E-state index contributed by atoms with van der Waals surface area (Å²) in [6.07, 6.45) is 2.69. The van der Waals surface area contributed by atoms with E-state index in [0.29, 0.717) is 18.1 Å². The Bertz CT molecular complexity index is 334. The molecule has 0 saturated carbocycles. The van der Waals surface area contributed by atoms with E-state index in [1.54, 1.807) is 6.92 Å². The van der Waals surface area contributed by atoms with Crippen molar-refractivity contribution in [3.05, 3.63) is 11.5 Å². The van der Waals surface area contributed by atoms with E-state index in [1.165, 1.54) is 13.4 Å². The van der Waals surface area contributed by atoms with Gasteiger partial charge in [-0.15, -0.1) is 0 Å². The fraction of sp³-hybridized carbons (Fsp3) is 0.600. The highest BCUT2D eigenvalue weighted by Crippen LogP contribution is 2.28. The minimum Gasteiger partial charge on any atom is -0.490 e. The maximum Gasteiger partial charge on any atom is 0.198 e. The third-order valence-electron chi connectivity index (χ3n) is 2.06. The summed E-state index contributed by atoms with van der Waals surface area (Å²) in [5.74, 6) is 1.02. The summed E-state index contributed by atoms with van der Waals surface area (Å²) in [7, 11) is 1.52. The van der Waals surface area contributed by atoms with Gasteiger partial charge in [0.25, 0.3) is 0 Å². The second-order valence-corrected chi connectivity index (χ2v) is 3.82. The fourth-order valence-electron chi connectivity index (χ4n) is 1.26. The van der Waals surface area contributed by atoms with Gasteiger partial charge in [0.15, 0.2) is 16.7 Å². The van der Waals surface area contributed by atoms with Gasteiger partial charge in [-0.1, -0.05) is 11.6 Å². The van der Waals surface area contributed by atoms with Crippen molar-refractivity contribution >= 4 is 17.4 Å². The van der Waals surface area contributed by atoms with E-state index in [1.807, 2.05) is 0 Å². The highest BCUT2D eigenvalue weighted by Gasteiger charge is 2.09. The second kappa shape index (κ2) is 6.50. The number of aliphatic hydroxyl groups excluding tert-OH is 1. The van der Waals surface area contributed by atoms with E-state index >= 15 is 0 Å². The summed E-state index contributed by atoms with van der Waals surface area (Å²) in [4.78, 5) is 7.85. The lowest BCUT2D eigenvalue weighted by molar-refractivity contribution is 0.183. The lowest BCUT2D eigenvalue weighted by atomic mass is 10.2. The number of nitrogens with zero attached hydrogens (tertiary/aromatic N) is 2. The van der Waals surface area contributed by atoms with Crippen LogP contribution >= 0.6 is 11.6 Å². The Morgan fingerprint density at radius 2 is 2.31 bits per heavy atom. The van der Waals surface area contributed by atoms with Crippen molar-refractivity contribution in [3.8, 4) is 5.75 Å². The summed E-state index contributed by atoms with van der Waals surface area (Å²) >= 11 is 5.84. The van der Waals surface area contributed by atoms with Crippen molar-refractivity contribution in [1.82, 2.24) is 9.97 Å². The van der Waals surface area contributed by atoms with E-state index < -0.39 is 0 Å². The van der Waals surface area contributed by atoms with Crippen molar-refractivity contribution in [2.75, 3.05) is 19.0 Å². The molecule has 0 aliphatic carbocycles. The molecule has 1 aromatic heterocycles. The van der Waals surface area contributed by atoms with Crippen LogP contribution in [0.25, 0.3) is 0 Å². The van der Waals surface area contributed by atoms with Gasteiger partial charge in [-0.3, -0.25) is 0 Å². The first-order chi connectivity index (χ1) is 7.65. The number of halogens is 1. The quantitative estimate of drug-likeness (QED) is 0.590. The van der Waals surface area contributed by atoms with E-state index in [9.17, 15) is 0 Å². The Morgan fingerprint density at radius 1 is 1.56 bits per heavy atom. The molecule has 0 fully saturated rings. The summed E-state index contributed by atoms with van der Waals surface area (Å²) in [6.45, 7) is 2.47. The molecule has 0 aliphatic rings. The molecule has 5 nitrogen and oxygen atoms in total. The molecule has 0 amide bonds. The Kier molecular flexibility index (Phi) is 5.28. The highest BCUT2D eigenvalue weighted by molar-refractivity contribution is 6.31. The molecule has 16 heavy (non-hydrogen) atoms. The molecule has 1 rings (SSSR count). The molecule has 6 heteroatoms. The Balaban J connectivity index is 2.50. The number of hydrogen-bond acceptors (Lipinski definition) is 5. The van der Waals surface area contributed by atoms with Crippen LogP contribution in [0.3, 0.4) is 0 Å². The van der Waals surface area contributed by atoms with Crippen molar-refractivity contribution in [3.63, 3.8) is 0 Å². The molecule has 0 aliphatic heterocycles. The van der Waals surface area contributed by atoms with Gasteiger partial charge in [0.05, 0.1) is 13.2 Å². The van der Waals surface area contributed by atoms with E-state index in [0.717, 1.165) is 12.8 Å². The third-order valence-corrected chi connectivity index (χ3v) is 2.32. The molecule has 0 saturated heterocycles. The van der Waals surface area contributed by atoms with Gasteiger partial charge in [0, 0.05) is 6.54 Å². The largest absolute Gasteiger partial charge is 0.490 e. The van der Waals surface area contributed by atoms with Gasteiger partial charge in [-0.25, -0.2) is 9.97 Å². The number of rotatable bonds is 6. The summed E-state index contributed by atoms with van der Waals surface area (Å²) < 4.78 is 5.09. The average molecular weight is 246 g/mol. The van der Waals surface area contributed by atoms with Crippen LogP contribution in [0.1, 0.15) is 19.8 Å². The normalized spacial score (nSPS) is 12.2. The summed E-state index contributed by atoms with van der Waals surface area (Å²) in [5.41, 5.74) is 0. The molecule has 2 N–H and O–H groups in total. The lowest BCUT2D eigenvalue weighted by Gasteiger charge is -2.10. The number of aliphatic hydroxyl groups is 1. The van der Waals surface area contributed by atoms with E-state index in [-0.39, 0.29) is 11.3 Å². The number of hydrogen-bond donors (Lipinski definition) is 2. The average Bonchev–Trinajstić information content (AvgIpc) is 2.24. The van der Waals surface area contributed by atoms with E-state index in [2.05, 4.69) is 15.3 Å². The topological polar surface area (TPSA) is 67.3 Å². The Hall–Kier alpha value is -1.07. The van der Waals surface area contributed by atoms with Crippen molar-refractivity contribution in [1.29, 1.82) is 0 Å². The van der Waals surface area contributed by atoms with Crippen molar-refractivity contribution in [2.45, 2.75) is 25.9 Å². The first kappa shape index (κ1) is 13.0. The molecule has 0 spiro atoms. The number of aromatic nitrogens is 2. The highest BCUT2D eigenvalue weighted by atomic mass is 35.5. The van der Waals surface area contributed by atoms with Crippen LogP contribution in [-0.4, -0.2) is 34.8 Å². The molecule has 90 valence electrons. The van der Waals surface area contributed by atoms with Gasteiger partial charge in [0.2, 0.25) is 0 Å². The molecule has 1 heterocycles. The second-order valence-electron chi connectivity index (χ2n) is 3.46. The zero-order valence-corrected chi connectivity index (χ0v) is 10.2. The maximum absolute atomic E-state index is 9.10. The minimum atomic E-state index is -0.280. The zero-order valence-electron chi connectivity index (χ0n) is 9.40. The van der Waals surface area contributed by atoms with Crippen LogP contribution in [0.5, 0.6) is 5.75 Å². The van der Waals surface area contributed by atoms with Crippen LogP contribution < -0.4 is 10.1 Å². The Labute approximate surface area is 99.8 Å².